The van der Waals surface area contributed by atoms with E-state index in [9.17, 15) is 35.5 Å². The number of rotatable bonds is 24. The van der Waals surface area contributed by atoms with Crippen LogP contribution in [0.5, 0.6) is 12.0 Å². The van der Waals surface area contributed by atoms with Gasteiger partial charge in [0.2, 0.25) is 23.8 Å². The van der Waals surface area contributed by atoms with E-state index in [1.165, 1.54) is 36.4 Å². The second-order valence-electron chi connectivity index (χ2n) is 15.7. The molecule has 0 radical (unpaired) electrons. The van der Waals surface area contributed by atoms with Gasteiger partial charge in [0.25, 0.3) is 20.2 Å². The average molecular weight is 1030 g/mol. The number of esters is 2. The fourth-order valence-corrected chi connectivity index (χ4v) is 7.57. The maximum absolute atomic E-state index is 12.8. The maximum Gasteiger partial charge on any atom is 0.338 e. The van der Waals surface area contributed by atoms with E-state index in [1.54, 1.807) is 62.4 Å². The molecule has 72 heavy (non-hydrogen) atoms. The molecule has 0 amide bonds. The lowest BCUT2D eigenvalue weighted by Gasteiger charge is -2.14. The number of anilines is 8. The summed E-state index contributed by atoms with van der Waals surface area (Å²) in [5, 5.41) is 11.8. The van der Waals surface area contributed by atoms with E-state index in [0.29, 0.717) is 35.6 Å². The summed E-state index contributed by atoms with van der Waals surface area (Å²) >= 11 is 0. The molecule has 380 valence electrons. The van der Waals surface area contributed by atoms with Crippen molar-refractivity contribution < 1.29 is 54.5 Å². The van der Waals surface area contributed by atoms with Crippen LogP contribution in [-0.4, -0.2) is 145 Å². The van der Waals surface area contributed by atoms with Crippen LogP contribution in [0.15, 0.2) is 94.7 Å². The van der Waals surface area contributed by atoms with Gasteiger partial charge in [0.1, 0.15) is 23.0 Å². The lowest BCUT2D eigenvalue weighted by Crippen LogP contribution is -2.20. The zero-order valence-electron chi connectivity index (χ0n) is 39.9. The molecule has 0 unspecified atom stereocenters. The molecule has 4 aromatic carbocycles. The van der Waals surface area contributed by atoms with Gasteiger partial charge in [0.15, 0.2) is 0 Å². The van der Waals surface area contributed by atoms with E-state index >= 15 is 0 Å². The Morgan fingerprint density at radius 3 is 1.14 bits per heavy atom. The van der Waals surface area contributed by atoms with E-state index < -0.39 is 42.0 Å². The molecule has 0 saturated carbocycles. The Hall–Kier alpha value is -7.88. The highest BCUT2D eigenvalue weighted by molar-refractivity contribution is 7.86. The van der Waals surface area contributed by atoms with E-state index in [-0.39, 0.29) is 84.7 Å². The van der Waals surface area contributed by atoms with Crippen LogP contribution < -0.4 is 30.7 Å². The molecule has 26 heteroatoms. The van der Waals surface area contributed by atoms with Gasteiger partial charge in [0, 0.05) is 35.8 Å². The molecular formula is C46H52N12O12S2. The summed E-state index contributed by atoms with van der Waals surface area (Å²) < 4.78 is 93.5. The minimum absolute atomic E-state index is 0.0298. The number of likely N-dealkylation sites (N-methyl/N-ethyl adjacent to an activating group) is 2. The van der Waals surface area contributed by atoms with Gasteiger partial charge < -0.3 is 50.0 Å². The highest BCUT2D eigenvalue weighted by Crippen LogP contribution is 2.29. The molecule has 0 atom stereocenters. The van der Waals surface area contributed by atoms with Crippen molar-refractivity contribution in [2.24, 2.45) is 0 Å². The molecule has 2 aromatic heterocycles. The van der Waals surface area contributed by atoms with Gasteiger partial charge in [-0.15, -0.1) is 0 Å². The third-order valence-electron chi connectivity index (χ3n) is 9.61. The quantitative estimate of drug-likeness (QED) is 0.0232. The van der Waals surface area contributed by atoms with Crippen molar-refractivity contribution in [1.82, 2.24) is 39.7 Å². The Bertz CT molecular complexity index is 2920. The van der Waals surface area contributed by atoms with Crippen molar-refractivity contribution in [3.05, 3.63) is 107 Å². The zero-order valence-corrected chi connectivity index (χ0v) is 41.5. The summed E-state index contributed by atoms with van der Waals surface area (Å²) in [6, 6.07) is 20.4. The smallest absolute Gasteiger partial charge is 0.338 e. The molecule has 0 saturated heterocycles. The van der Waals surface area contributed by atoms with Crippen molar-refractivity contribution in [3.63, 3.8) is 0 Å². The summed E-state index contributed by atoms with van der Waals surface area (Å²) in [5.74, 6) is -1.06. The molecule has 0 aliphatic rings. The number of benzene rings is 4. The zero-order chi connectivity index (χ0) is 52.0. The molecule has 2 heterocycles. The maximum atomic E-state index is 12.8. The van der Waals surface area contributed by atoms with Gasteiger partial charge >= 0.3 is 24.0 Å². The van der Waals surface area contributed by atoms with E-state index in [1.807, 2.05) is 38.0 Å². The Kier molecular flexibility index (Phi) is 18.0. The van der Waals surface area contributed by atoms with Crippen LogP contribution in [0.4, 0.5) is 46.5 Å². The molecule has 0 fully saturated rings. The minimum atomic E-state index is -4.92. The van der Waals surface area contributed by atoms with Crippen molar-refractivity contribution in [1.29, 1.82) is 0 Å². The van der Waals surface area contributed by atoms with Crippen molar-refractivity contribution in [3.8, 4) is 12.0 Å². The van der Waals surface area contributed by atoms with Gasteiger partial charge in [-0.25, -0.2) is 9.59 Å². The predicted octanol–water partition coefficient (Wildman–Crippen LogP) is 5.93. The highest BCUT2D eigenvalue weighted by Gasteiger charge is 2.20. The Morgan fingerprint density at radius 1 is 0.514 bits per heavy atom. The fraction of sp³-hybridized carbons (Fsp3) is 0.261. The monoisotopic (exact) mass is 1030 g/mol. The van der Waals surface area contributed by atoms with Crippen LogP contribution in [0.25, 0.3) is 12.2 Å². The van der Waals surface area contributed by atoms with Crippen LogP contribution in [0.3, 0.4) is 0 Å². The number of ether oxygens (including phenoxy) is 4. The second kappa shape index (κ2) is 24.3. The predicted molar refractivity (Wildman–Crippen MR) is 267 cm³/mol. The van der Waals surface area contributed by atoms with E-state index in [0.717, 1.165) is 12.1 Å². The molecule has 6 aromatic rings. The molecule has 24 nitrogen and oxygen atoms in total. The molecule has 6 rings (SSSR count). The number of nitrogens with one attached hydrogen (secondary N) is 4. The first-order valence-electron chi connectivity index (χ1n) is 21.9. The van der Waals surface area contributed by atoms with E-state index in [2.05, 4.69) is 51.2 Å². The largest absolute Gasteiger partial charge is 0.462 e. The lowest BCUT2D eigenvalue weighted by molar-refractivity contribution is 0.0517. The number of aromatic nitrogens is 6. The number of hydrogen-bond donors (Lipinski definition) is 6. The van der Waals surface area contributed by atoms with Gasteiger partial charge in [-0.2, -0.15) is 46.7 Å². The fourth-order valence-electron chi connectivity index (χ4n) is 6.16. The normalized spacial score (nSPS) is 11.6. The molecule has 6 N–H and O–H groups in total. The van der Waals surface area contributed by atoms with Gasteiger partial charge in [-0.1, -0.05) is 24.3 Å². The van der Waals surface area contributed by atoms with Crippen LogP contribution in [0.1, 0.15) is 45.7 Å². The number of carbonyl (C=O) groups excluding carboxylic acids is 2. The highest BCUT2D eigenvalue weighted by atomic mass is 32.2. The van der Waals surface area contributed by atoms with Crippen molar-refractivity contribution >= 4 is 90.9 Å². The first-order valence-corrected chi connectivity index (χ1v) is 24.7. The number of carbonyl (C=O) groups is 2. The lowest BCUT2D eigenvalue weighted by atomic mass is 10.1. The van der Waals surface area contributed by atoms with Crippen LogP contribution in [0, 0.1) is 0 Å². The average Bonchev–Trinajstić information content (AvgIpc) is 3.31. The molecule has 0 aliphatic heterocycles. The minimum Gasteiger partial charge on any atom is -0.462 e. The first kappa shape index (κ1) is 53.5. The van der Waals surface area contributed by atoms with Gasteiger partial charge in [-0.3, -0.25) is 9.11 Å². The summed E-state index contributed by atoms with van der Waals surface area (Å²) in [6.45, 7) is 5.31. The van der Waals surface area contributed by atoms with Gasteiger partial charge in [0.05, 0.1) is 24.3 Å². The van der Waals surface area contributed by atoms with Gasteiger partial charge in [-0.05, 0) is 126 Å². The number of hydrogen-bond acceptors (Lipinski definition) is 22. The van der Waals surface area contributed by atoms with Crippen LogP contribution >= 0.6 is 0 Å². The molecule has 0 aliphatic carbocycles. The SMILES string of the molecule is CCOC(=O)c1ccc(Nc2nc(Nc3ccc(/C=C/c4ccc(Nc5nc(Nc6ccc(C(=O)OCC)cc6)nc(OCCN(C)C)n5)cc4S(=O)(=O)O)c(S(=O)(=O)O)c3)nc(OCCN(C)C)n2)cc1. The third-order valence-corrected chi connectivity index (χ3v) is 11.4. The summed E-state index contributed by atoms with van der Waals surface area (Å²) in [4.78, 5) is 53.0. The molecular weight excluding hydrogens is 977 g/mol. The van der Waals surface area contributed by atoms with Crippen molar-refractivity contribution in [2.75, 3.05) is 89.0 Å². The standard InChI is InChI=1S/C46H52N12O12S2/c1-7-67-39(59)31-13-17-33(18-14-31)47-41-51-43(55-45(53-41)69-25-23-57(3)4)49-35-21-11-29(37(27-35)71(61,62)63)9-10-30-12-22-36(28-38(30)72(64,65)66)50-44-52-42(54-46(56-44)70-26-24-58(5)6)48-34-19-15-32(16-20-34)40(60)68-8-2/h9-22,27-28H,7-8,23-26H2,1-6H3,(H,61,62,63)(H,64,65,66)(H2,47,49,51,53,55)(H2,48,50,52,54,56)/b10-9+. The molecule has 0 spiro atoms. The topological polar surface area (TPSA) is 312 Å². The Balaban J connectivity index is 1.25. The summed E-state index contributed by atoms with van der Waals surface area (Å²) in [6.07, 6.45) is 2.47. The first-order chi connectivity index (χ1) is 34.3. The Labute approximate surface area is 415 Å². The summed E-state index contributed by atoms with van der Waals surface area (Å²) in [7, 11) is -2.40. The van der Waals surface area contributed by atoms with Crippen molar-refractivity contribution in [2.45, 2.75) is 23.6 Å². The summed E-state index contributed by atoms with van der Waals surface area (Å²) in [5.41, 5.74) is 1.77. The van der Waals surface area contributed by atoms with Crippen LogP contribution in [0.2, 0.25) is 0 Å². The Morgan fingerprint density at radius 2 is 0.833 bits per heavy atom. The number of nitrogens with zero attached hydrogens (tertiary/aromatic N) is 8. The molecule has 0 bridgehead atoms. The third kappa shape index (κ3) is 15.8. The van der Waals surface area contributed by atoms with Crippen LogP contribution in [-0.2, 0) is 29.7 Å². The second-order valence-corrected chi connectivity index (χ2v) is 18.5. The van der Waals surface area contributed by atoms with E-state index in [4.69, 9.17) is 18.9 Å².